The maximum atomic E-state index is 12.3. The summed E-state index contributed by atoms with van der Waals surface area (Å²) in [7, 11) is 0. The van der Waals surface area contributed by atoms with Gasteiger partial charge in [0.05, 0.1) is 6.10 Å². The fraction of sp³-hybridized carbons (Fsp3) is 0.923. The molecule has 0 aromatic rings. The van der Waals surface area contributed by atoms with E-state index in [1.54, 1.807) is 0 Å². The van der Waals surface area contributed by atoms with Crippen LogP contribution >= 0.6 is 0 Å². The smallest absolute Gasteiger partial charge is 0.226 e. The van der Waals surface area contributed by atoms with Crippen LogP contribution in [0.1, 0.15) is 39.5 Å². The van der Waals surface area contributed by atoms with Crippen LogP contribution in [0.4, 0.5) is 0 Å². The van der Waals surface area contributed by atoms with Gasteiger partial charge < -0.3 is 10.0 Å². The van der Waals surface area contributed by atoms with Gasteiger partial charge in [-0.1, -0.05) is 26.7 Å². The number of nitrogens with zero attached hydrogens (tertiary/aromatic N) is 1. The van der Waals surface area contributed by atoms with E-state index in [0.29, 0.717) is 30.8 Å². The van der Waals surface area contributed by atoms with Crippen LogP contribution in [0.5, 0.6) is 0 Å². The van der Waals surface area contributed by atoms with Crippen LogP contribution in [0, 0.1) is 17.8 Å². The summed E-state index contributed by atoms with van der Waals surface area (Å²) in [6.45, 7) is 5.56. The first-order valence-corrected chi connectivity index (χ1v) is 6.56. The summed E-state index contributed by atoms with van der Waals surface area (Å²) in [6, 6.07) is 0. The summed E-state index contributed by atoms with van der Waals surface area (Å²) < 4.78 is 0. The lowest BCUT2D eigenvalue weighted by atomic mass is 9.72. The first-order chi connectivity index (χ1) is 7.59. The zero-order chi connectivity index (χ0) is 11.7. The highest BCUT2D eigenvalue weighted by Crippen LogP contribution is 2.36. The highest BCUT2D eigenvalue weighted by molar-refractivity contribution is 5.80. The van der Waals surface area contributed by atoms with Crippen molar-refractivity contribution in [3.8, 4) is 0 Å². The average Bonchev–Trinajstić information content (AvgIpc) is 2.24. The Balaban J connectivity index is 1.97. The minimum absolute atomic E-state index is 0.223. The van der Waals surface area contributed by atoms with E-state index in [1.807, 2.05) is 4.90 Å². The molecule has 1 N–H and O–H groups in total. The second-order valence-corrected chi connectivity index (χ2v) is 5.70. The van der Waals surface area contributed by atoms with Gasteiger partial charge in [-0.2, -0.15) is 0 Å². The van der Waals surface area contributed by atoms with E-state index in [1.165, 1.54) is 19.3 Å². The molecule has 2 fully saturated rings. The Morgan fingerprint density at radius 1 is 1.25 bits per heavy atom. The van der Waals surface area contributed by atoms with E-state index in [9.17, 15) is 9.90 Å². The quantitative estimate of drug-likeness (QED) is 0.776. The first kappa shape index (κ1) is 11.9. The Hall–Kier alpha value is -0.570. The lowest BCUT2D eigenvalue weighted by molar-refractivity contribution is -0.149. The standard InChI is InChI=1S/C13H23NO2/c1-9(2)11-5-3-4-6-12(11)13(16)14-7-10(15)8-14/h9-12,15H,3-8H2,1-2H3. The van der Waals surface area contributed by atoms with Crippen molar-refractivity contribution in [1.29, 1.82) is 0 Å². The number of amides is 1. The third-order valence-corrected chi connectivity index (χ3v) is 4.17. The van der Waals surface area contributed by atoms with Crippen LogP contribution in [-0.2, 0) is 4.79 Å². The highest BCUT2D eigenvalue weighted by atomic mass is 16.3. The van der Waals surface area contributed by atoms with Crippen molar-refractivity contribution < 1.29 is 9.90 Å². The predicted molar refractivity (Wildman–Crippen MR) is 62.9 cm³/mol. The highest BCUT2D eigenvalue weighted by Gasteiger charge is 2.38. The summed E-state index contributed by atoms with van der Waals surface area (Å²) in [5, 5.41) is 9.25. The molecule has 2 atom stereocenters. The van der Waals surface area contributed by atoms with Crippen LogP contribution < -0.4 is 0 Å². The van der Waals surface area contributed by atoms with Crippen molar-refractivity contribution in [2.45, 2.75) is 45.6 Å². The third-order valence-electron chi connectivity index (χ3n) is 4.17. The second-order valence-electron chi connectivity index (χ2n) is 5.70. The summed E-state index contributed by atoms with van der Waals surface area (Å²) >= 11 is 0. The van der Waals surface area contributed by atoms with Gasteiger partial charge in [0.15, 0.2) is 0 Å². The Labute approximate surface area is 97.8 Å². The molecule has 0 radical (unpaired) electrons. The molecule has 0 bridgehead atoms. The monoisotopic (exact) mass is 225 g/mol. The molecule has 3 nitrogen and oxygen atoms in total. The average molecular weight is 225 g/mol. The lowest BCUT2D eigenvalue weighted by Gasteiger charge is -2.42. The second kappa shape index (κ2) is 4.74. The number of likely N-dealkylation sites (tertiary alicyclic amines) is 1. The van der Waals surface area contributed by atoms with Gasteiger partial charge in [-0.15, -0.1) is 0 Å². The Kier molecular flexibility index (Phi) is 3.53. The number of β-amino-alcohol motifs (C(OH)–C–C–N with tert-alkyl or cyclic N) is 1. The van der Waals surface area contributed by atoms with Gasteiger partial charge >= 0.3 is 0 Å². The van der Waals surface area contributed by atoms with E-state index in [4.69, 9.17) is 0 Å². The number of aliphatic hydroxyl groups excluding tert-OH is 1. The fourth-order valence-electron chi connectivity index (χ4n) is 3.13. The molecular weight excluding hydrogens is 202 g/mol. The van der Waals surface area contributed by atoms with Crippen molar-refractivity contribution >= 4 is 5.91 Å². The van der Waals surface area contributed by atoms with Crippen molar-refractivity contribution in [2.24, 2.45) is 17.8 Å². The number of hydrogen-bond donors (Lipinski definition) is 1. The van der Waals surface area contributed by atoms with E-state index in [0.717, 1.165) is 6.42 Å². The van der Waals surface area contributed by atoms with Gasteiger partial charge in [0, 0.05) is 19.0 Å². The molecule has 0 aromatic heterocycles. The summed E-state index contributed by atoms with van der Waals surface area (Å²) in [5.74, 6) is 1.67. The SMILES string of the molecule is CC(C)C1CCCCC1C(=O)N1CC(O)C1. The normalized spacial score (nSPS) is 31.6. The Morgan fingerprint density at radius 3 is 2.44 bits per heavy atom. The Bertz CT molecular complexity index is 259. The predicted octanol–water partition coefficient (Wildman–Crippen LogP) is 1.65. The summed E-state index contributed by atoms with van der Waals surface area (Å²) in [5.41, 5.74) is 0. The number of carbonyl (C=O) groups excluding carboxylic acids is 1. The molecule has 3 heteroatoms. The molecule has 1 saturated carbocycles. The van der Waals surface area contributed by atoms with Gasteiger partial charge in [-0.25, -0.2) is 0 Å². The van der Waals surface area contributed by atoms with Crippen molar-refractivity contribution in [3.63, 3.8) is 0 Å². The van der Waals surface area contributed by atoms with Crippen LogP contribution in [0.15, 0.2) is 0 Å². The van der Waals surface area contributed by atoms with Crippen molar-refractivity contribution in [3.05, 3.63) is 0 Å². The number of rotatable bonds is 2. The molecule has 1 saturated heterocycles. The molecule has 92 valence electrons. The van der Waals surface area contributed by atoms with Gasteiger partial charge in [0.25, 0.3) is 0 Å². The molecule has 2 aliphatic rings. The molecule has 1 heterocycles. The zero-order valence-electron chi connectivity index (χ0n) is 10.4. The molecule has 1 aliphatic heterocycles. The van der Waals surface area contributed by atoms with Crippen molar-refractivity contribution in [1.82, 2.24) is 4.90 Å². The number of aliphatic hydroxyl groups is 1. The van der Waals surface area contributed by atoms with E-state index in [-0.39, 0.29) is 12.0 Å². The van der Waals surface area contributed by atoms with Crippen LogP contribution in [0.25, 0.3) is 0 Å². The van der Waals surface area contributed by atoms with Crippen LogP contribution in [0.2, 0.25) is 0 Å². The van der Waals surface area contributed by atoms with E-state index in [2.05, 4.69) is 13.8 Å². The van der Waals surface area contributed by atoms with Gasteiger partial charge in [0.1, 0.15) is 0 Å². The van der Waals surface area contributed by atoms with Gasteiger partial charge in [0.2, 0.25) is 5.91 Å². The van der Waals surface area contributed by atoms with Crippen LogP contribution in [-0.4, -0.2) is 35.1 Å². The fourth-order valence-corrected chi connectivity index (χ4v) is 3.13. The topological polar surface area (TPSA) is 40.5 Å². The third kappa shape index (κ3) is 2.24. The first-order valence-electron chi connectivity index (χ1n) is 6.56. The summed E-state index contributed by atoms with van der Waals surface area (Å²) in [6.07, 6.45) is 4.44. The lowest BCUT2D eigenvalue weighted by Crippen LogP contribution is -2.56. The maximum absolute atomic E-state index is 12.3. The van der Waals surface area contributed by atoms with Crippen molar-refractivity contribution in [2.75, 3.05) is 13.1 Å². The number of hydrogen-bond acceptors (Lipinski definition) is 2. The molecule has 2 rings (SSSR count). The van der Waals surface area contributed by atoms with E-state index >= 15 is 0 Å². The van der Waals surface area contributed by atoms with Gasteiger partial charge in [-0.3, -0.25) is 4.79 Å². The van der Waals surface area contributed by atoms with Gasteiger partial charge in [-0.05, 0) is 24.7 Å². The largest absolute Gasteiger partial charge is 0.389 e. The maximum Gasteiger partial charge on any atom is 0.226 e. The molecule has 2 unspecified atom stereocenters. The minimum atomic E-state index is -0.273. The van der Waals surface area contributed by atoms with Crippen LogP contribution in [0.3, 0.4) is 0 Å². The number of carbonyl (C=O) groups is 1. The summed E-state index contributed by atoms with van der Waals surface area (Å²) in [4.78, 5) is 14.1. The minimum Gasteiger partial charge on any atom is -0.389 e. The molecule has 1 amide bonds. The molecule has 0 aromatic carbocycles. The van der Waals surface area contributed by atoms with E-state index < -0.39 is 0 Å². The zero-order valence-corrected chi connectivity index (χ0v) is 10.4. The molecule has 0 spiro atoms. The molecular formula is C13H23NO2. The molecule has 1 aliphatic carbocycles. The Morgan fingerprint density at radius 2 is 1.88 bits per heavy atom. The molecule has 16 heavy (non-hydrogen) atoms.